The van der Waals surface area contributed by atoms with Gasteiger partial charge in [0.25, 0.3) is 0 Å². The van der Waals surface area contributed by atoms with Crippen LogP contribution in [0.25, 0.3) is 0 Å². The van der Waals surface area contributed by atoms with Crippen molar-refractivity contribution in [3.63, 3.8) is 0 Å². The maximum atomic E-state index is 13.8. The predicted molar refractivity (Wildman–Crippen MR) is 178 cm³/mol. The lowest BCUT2D eigenvalue weighted by molar-refractivity contribution is -0.143. The molecular weight excluding hydrogens is 640 g/mol. The maximum Gasteiger partial charge on any atom is 0.408 e. The molecule has 3 aromatic carbocycles. The SMILES string of the molecule is COC(=O)C[C@H](NC(=O)OCc1ccccc1)C(=O)N[C@@H](Cc1ccccc1)[C@H](O)CN(CC(C)C)S(=O)(=O)c1ccc(C=NO)cc1. The highest BCUT2D eigenvalue weighted by molar-refractivity contribution is 7.89. The van der Waals surface area contributed by atoms with E-state index in [4.69, 9.17) is 14.7 Å². The van der Waals surface area contributed by atoms with E-state index in [1.807, 2.05) is 19.9 Å². The molecule has 3 rings (SSSR count). The molecular formula is C34H42N4O9S. The Kier molecular flexibility index (Phi) is 14.5. The number of ether oxygens (including phenoxy) is 2. The molecule has 13 nitrogen and oxygen atoms in total. The lowest BCUT2D eigenvalue weighted by Crippen LogP contribution is -2.56. The summed E-state index contributed by atoms with van der Waals surface area (Å²) in [6.45, 7) is 3.27. The number of carbonyl (C=O) groups excluding carboxylic acids is 3. The van der Waals surface area contributed by atoms with E-state index in [2.05, 4.69) is 15.8 Å². The van der Waals surface area contributed by atoms with Crippen molar-refractivity contribution >= 4 is 34.2 Å². The Bertz CT molecular complexity index is 1600. The molecule has 0 fully saturated rings. The van der Waals surface area contributed by atoms with Gasteiger partial charge in [-0.3, -0.25) is 9.59 Å². The first-order valence-corrected chi connectivity index (χ1v) is 16.7. The van der Waals surface area contributed by atoms with Crippen molar-refractivity contribution in [2.45, 2.75) is 56.4 Å². The van der Waals surface area contributed by atoms with Gasteiger partial charge in [0.2, 0.25) is 15.9 Å². The predicted octanol–water partition coefficient (Wildman–Crippen LogP) is 3.09. The van der Waals surface area contributed by atoms with E-state index in [1.54, 1.807) is 54.6 Å². The largest absolute Gasteiger partial charge is 0.469 e. The quantitative estimate of drug-likeness (QED) is 0.0719. The van der Waals surface area contributed by atoms with Crippen molar-refractivity contribution in [1.29, 1.82) is 0 Å². The number of esters is 1. The van der Waals surface area contributed by atoms with Crippen molar-refractivity contribution in [1.82, 2.24) is 14.9 Å². The van der Waals surface area contributed by atoms with Crippen molar-refractivity contribution in [2.75, 3.05) is 20.2 Å². The second-order valence-electron chi connectivity index (χ2n) is 11.4. The third-order valence-corrected chi connectivity index (χ3v) is 9.04. The Labute approximate surface area is 280 Å². The van der Waals surface area contributed by atoms with Gasteiger partial charge in [0.05, 0.1) is 36.8 Å². The third-order valence-electron chi connectivity index (χ3n) is 7.19. The van der Waals surface area contributed by atoms with Gasteiger partial charge in [-0.15, -0.1) is 0 Å². The van der Waals surface area contributed by atoms with Gasteiger partial charge in [-0.05, 0) is 41.2 Å². The number of methoxy groups -OCH3 is 1. The molecule has 0 aromatic heterocycles. The van der Waals surface area contributed by atoms with E-state index in [-0.39, 0.29) is 36.9 Å². The van der Waals surface area contributed by atoms with E-state index in [0.29, 0.717) is 11.1 Å². The number of carbonyl (C=O) groups is 3. The summed E-state index contributed by atoms with van der Waals surface area (Å²) in [7, 11) is -2.98. The fourth-order valence-electron chi connectivity index (χ4n) is 4.76. The molecule has 0 unspecified atom stereocenters. The molecule has 4 N–H and O–H groups in total. The Morgan fingerprint density at radius 2 is 1.50 bits per heavy atom. The van der Waals surface area contributed by atoms with Crippen LogP contribution in [-0.2, 0) is 42.1 Å². The van der Waals surface area contributed by atoms with Gasteiger partial charge in [-0.2, -0.15) is 4.31 Å². The fraction of sp³-hybridized carbons (Fsp3) is 0.353. The maximum absolute atomic E-state index is 13.8. The van der Waals surface area contributed by atoms with E-state index < -0.39 is 52.6 Å². The van der Waals surface area contributed by atoms with Gasteiger partial charge < -0.3 is 30.4 Å². The molecule has 48 heavy (non-hydrogen) atoms. The van der Waals surface area contributed by atoms with Crippen LogP contribution in [0.15, 0.2) is 95.0 Å². The molecule has 0 radical (unpaired) electrons. The number of alkyl carbamates (subject to hydrolysis) is 1. The monoisotopic (exact) mass is 682 g/mol. The number of nitrogens with one attached hydrogen (secondary N) is 2. The normalized spacial score (nSPS) is 13.5. The number of aliphatic hydroxyl groups is 1. The lowest BCUT2D eigenvalue weighted by atomic mass is 10.00. The summed E-state index contributed by atoms with van der Waals surface area (Å²) in [5.41, 5.74) is 1.93. The fourth-order valence-corrected chi connectivity index (χ4v) is 6.38. The average molecular weight is 683 g/mol. The van der Waals surface area contributed by atoms with Gasteiger partial charge in [-0.1, -0.05) is 91.8 Å². The Hall–Kier alpha value is -4.79. The van der Waals surface area contributed by atoms with Crippen molar-refractivity contribution in [3.05, 3.63) is 102 Å². The first-order chi connectivity index (χ1) is 22.9. The Morgan fingerprint density at radius 1 is 0.896 bits per heavy atom. The van der Waals surface area contributed by atoms with Gasteiger partial charge in [0, 0.05) is 13.1 Å². The van der Waals surface area contributed by atoms with Crippen molar-refractivity contribution < 1.29 is 42.6 Å². The van der Waals surface area contributed by atoms with Crippen LogP contribution in [0.5, 0.6) is 0 Å². The van der Waals surface area contributed by atoms with Gasteiger partial charge >= 0.3 is 12.1 Å². The third kappa shape index (κ3) is 11.8. The highest BCUT2D eigenvalue weighted by Crippen LogP contribution is 2.20. The standard InChI is InChI=1S/C34H42N4O9S/c1-24(2)21-38(48(44,45)28-16-14-26(15-17-28)20-35-43)22-31(39)29(18-25-10-6-4-7-11-25)36-33(41)30(19-32(40)46-3)37-34(42)47-23-27-12-8-5-9-13-27/h4-17,20,24,29-31,39,43H,18-19,21-23H2,1-3H3,(H,36,41)(H,37,42)/t29-,30-,31+/m0/s1. The lowest BCUT2D eigenvalue weighted by Gasteiger charge is -2.31. The summed E-state index contributed by atoms with van der Waals surface area (Å²) in [6, 6.07) is 21.1. The van der Waals surface area contributed by atoms with Gasteiger partial charge in [-0.25, -0.2) is 13.2 Å². The van der Waals surface area contributed by atoms with E-state index in [0.717, 1.165) is 23.2 Å². The average Bonchev–Trinajstić information content (AvgIpc) is 3.07. The zero-order valence-electron chi connectivity index (χ0n) is 27.1. The number of benzene rings is 3. The smallest absolute Gasteiger partial charge is 0.408 e. The molecule has 0 bridgehead atoms. The molecule has 0 spiro atoms. The molecule has 258 valence electrons. The minimum Gasteiger partial charge on any atom is -0.469 e. The number of sulfonamides is 1. The molecule has 0 saturated heterocycles. The molecule has 2 amide bonds. The second-order valence-corrected chi connectivity index (χ2v) is 13.4. The summed E-state index contributed by atoms with van der Waals surface area (Å²) >= 11 is 0. The van der Waals surface area contributed by atoms with Crippen LogP contribution in [-0.4, -0.2) is 85.6 Å². The second kappa shape index (κ2) is 18.5. The molecule has 0 saturated carbocycles. The van der Waals surface area contributed by atoms with Gasteiger partial charge in [0.1, 0.15) is 12.6 Å². The Balaban J connectivity index is 1.85. The molecule has 0 aliphatic carbocycles. The molecule has 14 heteroatoms. The topological polar surface area (TPSA) is 184 Å². The summed E-state index contributed by atoms with van der Waals surface area (Å²) in [4.78, 5) is 38.4. The molecule has 3 atom stereocenters. The first-order valence-electron chi connectivity index (χ1n) is 15.3. The highest BCUT2D eigenvalue weighted by atomic mass is 32.2. The van der Waals surface area contributed by atoms with Crippen LogP contribution in [0.1, 0.15) is 37.0 Å². The number of aliphatic hydroxyl groups excluding tert-OH is 1. The number of rotatable bonds is 17. The highest BCUT2D eigenvalue weighted by Gasteiger charge is 2.33. The zero-order valence-corrected chi connectivity index (χ0v) is 27.9. The van der Waals surface area contributed by atoms with E-state index in [1.165, 1.54) is 24.3 Å². The molecule has 0 aliphatic heterocycles. The Morgan fingerprint density at radius 3 is 2.06 bits per heavy atom. The van der Waals surface area contributed by atoms with Crippen LogP contribution in [0, 0.1) is 5.92 Å². The minimum atomic E-state index is -4.12. The van der Waals surface area contributed by atoms with Crippen LogP contribution in [0.2, 0.25) is 0 Å². The number of nitrogens with zero attached hydrogens (tertiary/aromatic N) is 2. The molecule has 0 heterocycles. The van der Waals surface area contributed by atoms with Crippen LogP contribution >= 0.6 is 0 Å². The van der Waals surface area contributed by atoms with Crippen LogP contribution in [0.3, 0.4) is 0 Å². The summed E-state index contributed by atoms with van der Waals surface area (Å²) < 4.78 is 38.6. The van der Waals surface area contributed by atoms with Crippen LogP contribution in [0.4, 0.5) is 4.79 Å². The number of hydrogen-bond acceptors (Lipinski definition) is 10. The van der Waals surface area contributed by atoms with Crippen molar-refractivity contribution in [3.8, 4) is 0 Å². The summed E-state index contributed by atoms with van der Waals surface area (Å²) in [5.74, 6) is -1.70. The van der Waals surface area contributed by atoms with Crippen molar-refractivity contribution in [2.24, 2.45) is 11.1 Å². The zero-order chi connectivity index (χ0) is 35.1. The number of oxime groups is 1. The summed E-state index contributed by atoms with van der Waals surface area (Å²) in [5, 5.41) is 28.4. The minimum absolute atomic E-state index is 0.0366. The van der Waals surface area contributed by atoms with Gasteiger partial charge in [0.15, 0.2) is 0 Å². The first kappa shape index (κ1) is 37.7. The number of amides is 2. The number of hydrogen-bond donors (Lipinski definition) is 4. The van der Waals surface area contributed by atoms with E-state index >= 15 is 0 Å². The van der Waals surface area contributed by atoms with E-state index in [9.17, 15) is 27.9 Å². The van der Waals surface area contributed by atoms with Crippen LogP contribution < -0.4 is 10.6 Å². The summed E-state index contributed by atoms with van der Waals surface area (Å²) in [6.07, 6.45) is -1.64. The molecule has 3 aromatic rings. The molecule has 0 aliphatic rings.